The number of carbonyl (C=O) groups excluding carboxylic acids is 3. The van der Waals surface area contributed by atoms with Crippen LogP contribution in [0.5, 0.6) is 0 Å². The summed E-state index contributed by atoms with van der Waals surface area (Å²) in [5.74, 6) is -0.301. The van der Waals surface area contributed by atoms with Gasteiger partial charge in [0, 0.05) is 95.2 Å². The topological polar surface area (TPSA) is 245 Å². The van der Waals surface area contributed by atoms with Gasteiger partial charge in [0.05, 0.1) is 31.8 Å². The first-order valence-electron chi connectivity index (χ1n) is 24.6. The molecule has 418 valence electrons. The molecule has 1 fully saturated rings. The molecular weight excluding hydrogens is 1180 g/mol. The Morgan fingerprint density at radius 3 is 1.31 bits per heavy atom. The molecule has 0 atom stereocenters. The highest BCUT2D eigenvalue weighted by Crippen LogP contribution is 2.39. The zero-order valence-corrected chi connectivity index (χ0v) is 51.0. The number of carbonyl (C=O) groups is 3. The van der Waals surface area contributed by atoms with Crippen LogP contribution in [0, 0.1) is 0 Å². The molecule has 0 aliphatic carbocycles. The van der Waals surface area contributed by atoms with Gasteiger partial charge in [-0.1, -0.05) is 12.1 Å². The number of anilines is 4. The van der Waals surface area contributed by atoms with Gasteiger partial charge < -0.3 is 24.8 Å². The molecule has 1 aliphatic heterocycles. The van der Waals surface area contributed by atoms with Crippen molar-refractivity contribution < 1.29 is 45.4 Å². The predicted octanol–water partition coefficient (Wildman–Crippen LogP) is 12.8. The van der Waals surface area contributed by atoms with E-state index < -0.39 is 43.3 Å². The molecule has 0 spiro atoms. The molecular formula is C54H71IN8O10S4. The van der Waals surface area contributed by atoms with Gasteiger partial charge in [0.2, 0.25) is 26.0 Å². The minimum absolute atomic E-state index is 0. The van der Waals surface area contributed by atoms with Crippen LogP contribution in [0.3, 0.4) is 0 Å². The van der Waals surface area contributed by atoms with Crippen molar-refractivity contribution in [2.75, 3.05) is 41.0 Å². The number of benzene rings is 4. The number of thiazole rings is 2. The monoisotopic (exact) mass is 1250 g/mol. The lowest BCUT2D eigenvalue weighted by molar-refractivity contribution is -0.114. The molecule has 6 aromatic rings. The second-order valence-corrected chi connectivity index (χ2v) is 25.4. The maximum atomic E-state index is 13.3. The van der Waals surface area contributed by atoms with Crippen LogP contribution < -0.4 is 30.7 Å². The van der Waals surface area contributed by atoms with Gasteiger partial charge in [0.1, 0.15) is 10.0 Å². The highest BCUT2D eigenvalue weighted by Gasteiger charge is 2.28. The molecule has 1 aliphatic rings. The van der Waals surface area contributed by atoms with Gasteiger partial charge in [0.25, 0.3) is 0 Å². The summed E-state index contributed by atoms with van der Waals surface area (Å²) in [6.45, 7) is 23.8. The Kier molecular flexibility index (Phi) is 23.6. The molecule has 7 rings (SSSR count). The van der Waals surface area contributed by atoms with E-state index in [0.717, 1.165) is 39.9 Å². The van der Waals surface area contributed by atoms with Crippen molar-refractivity contribution in [3.05, 3.63) is 97.3 Å². The minimum Gasteiger partial charge on any atom is -0.447 e. The van der Waals surface area contributed by atoms with Crippen molar-refractivity contribution in [1.29, 1.82) is 0 Å². The van der Waals surface area contributed by atoms with Crippen LogP contribution in [0.25, 0.3) is 42.0 Å². The summed E-state index contributed by atoms with van der Waals surface area (Å²) in [5, 5.41) is 12.6. The van der Waals surface area contributed by atoms with Gasteiger partial charge in [-0.3, -0.25) is 15.4 Å². The molecule has 0 unspecified atom stereocenters. The van der Waals surface area contributed by atoms with Gasteiger partial charge in [-0.15, -0.1) is 46.7 Å². The summed E-state index contributed by atoms with van der Waals surface area (Å²) >= 11 is 2.73. The van der Waals surface area contributed by atoms with Crippen molar-refractivity contribution in [3.8, 4) is 42.0 Å². The Morgan fingerprint density at radius 1 is 0.597 bits per heavy atom. The summed E-state index contributed by atoms with van der Waals surface area (Å²) < 4.78 is 73.6. The number of ether oxygens (including phenoxy) is 3. The molecule has 3 amide bonds. The predicted molar refractivity (Wildman–Crippen MR) is 321 cm³/mol. The Labute approximate surface area is 478 Å². The lowest BCUT2D eigenvalue weighted by Crippen LogP contribution is -2.40. The zero-order valence-electron chi connectivity index (χ0n) is 45.4. The van der Waals surface area contributed by atoms with Gasteiger partial charge in [-0.25, -0.2) is 45.8 Å². The van der Waals surface area contributed by atoms with E-state index in [9.17, 15) is 31.2 Å². The summed E-state index contributed by atoms with van der Waals surface area (Å²) in [7, 11) is -7.69. The number of nitrogens with zero attached hydrogens (tertiary/aromatic N) is 2. The van der Waals surface area contributed by atoms with Crippen LogP contribution in [0.1, 0.15) is 95.9 Å². The van der Waals surface area contributed by atoms with Crippen molar-refractivity contribution in [1.82, 2.24) is 19.4 Å². The van der Waals surface area contributed by atoms with E-state index in [1.54, 1.807) is 109 Å². The third-order valence-electron chi connectivity index (χ3n) is 9.94. The maximum absolute atomic E-state index is 13.3. The lowest BCUT2D eigenvalue weighted by atomic mass is 10.1. The maximum Gasteiger partial charge on any atom is 0.411 e. The molecule has 0 bridgehead atoms. The number of sulfonamides is 2. The number of nitrogens with one attached hydrogen (secondary N) is 6. The molecule has 6 N–H and O–H groups in total. The Bertz CT molecular complexity index is 3140. The quantitative estimate of drug-likeness (QED) is 0.0525. The van der Waals surface area contributed by atoms with Crippen LogP contribution >= 0.6 is 46.7 Å². The molecule has 18 nitrogen and oxygen atoms in total. The first kappa shape index (κ1) is 64.0. The third-order valence-corrected chi connectivity index (χ3v) is 15.7. The summed E-state index contributed by atoms with van der Waals surface area (Å²) in [4.78, 5) is 45.8. The van der Waals surface area contributed by atoms with Crippen LogP contribution in [0.4, 0.5) is 32.3 Å². The van der Waals surface area contributed by atoms with Gasteiger partial charge >= 0.3 is 12.2 Å². The molecule has 2 aromatic heterocycles. The van der Waals surface area contributed by atoms with Crippen LogP contribution in [-0.4, -0.2) is 87.9 Å². The highest BCUT2D eigenvalue weighted by atomic mass is 127. The molecule has 77 heavy (non-hydrogen) atoms. The third kappa shape index (κ3) is 20.6. The first-order chi connectivity index (χ1) is 35.6. The summed E-state index contributed by atoms with van der Waals surface area (Å²) in [5.41, 5.74) is 3.69. The standard InChI is InChI=1S/C25H30N4O5S2.C25H32N4O4S2.C4H8O.HI/c1-15(2)34-24(31)28-18-9-7-17(8-10-18)23-26-14-21(35-23)20-12-11-19(27-16(3)30)13-22(20)36(32,33)29-25(4,5)6;1-7-26-19-12-13-20(22(14-19)35(31,32)29-25(4,5)6)21-15-27-23(34-21)17-8-10-18(11-9-17)28-24(30)33-16(2)3;1-2-4-5-3-1;/h7-15,29H,1-6H3,(H,27,30)(H,28,31);8-16,26,29H,7H2,1-6H3,(H,28,30);1-4H2;1H. The normalized spacial score (nSPS) is 12.5. The average Bonchev–Trinajstić information content (AvgIpc) is 4.14. The average molecular weight is 1250 g/mol. The van der Waals surface area contributed by atoms with Gasteiger partial charge in [0.15, 0.2) is 0 Å². The van der Waals surface area contributed by atoms with E-state index in [4.69, 9.17) is 14.2 Å². The van der Waals surface area contributed by atoms with E-state index in [0.29, 0.717) is 44.6 Å². The van der Waals surface area contributed by atoms with E-state index in [-0.39, 0.29) is 51.9 Å². The number of hydrogen-bond donors (Lipinski definition) is 6. The molecule has 4 aromatic carbocycles. The Hall–Kier alpha value is -5.54. The molecule has 0 saturated carbocycles. The number of rotatable bonds is 15. The van der Waals surface area contributed by atoms with E-state index in [1.165, 1.54) is 48.5 Å². The van der Waals surface area contributed by atoms with Gasteiger partial charge in [-0.05, 0) is 162 Å². The second-order valence-electron chi connectivity index (χ2n) is 20.0. The number of amides is 3. The van der Waals surface area contributed by atoms with Crippen molar-refractivity contribution in [3.63, 3.8) is 0 Å². The Balaban J connectivity index is 0.000000300. The number of hydrogen-bond acceptors (Lipinski definition) is 15. The van der Waals surface area contributed by atoms with Crippen molar-refractivity contribution in [2.45, 2.75) is 129 Å². The van der Waals surface area contributed by atoms with E-state index >= 15 is 0 Å². The second kappa shape index (κ2) is 28.4. The lowest BCUT2D eigenvalue weighted by Gasteiger charge is -2.22. The molecule has 1 saturated heterocycles. The SMILES string of the molecule is C1CCOC1.CC(=O)Nc1ccc(-c2cnc(-c3ccc(NC(=O)OC(C)C)cc3)s2)c(S(=O)(=O)NC(C)(C)C)c1.CCNc1ccc(-c2cnc(-c3ccc(NC(=O)OC(C)C)cc3)s2)c(S(=O)(=O)NC(C)(C)C)c1.I. The smallest absolute Gasteiger partial charge is 0.411 e. The van der Waals surface area contributed by atoms with Crippen LogP contribution in [0.15, 0.2) is 107 Å². The van der Waals surface area contributed by atoms with Crippen molar-refractivity contribution in [2.24, 2.45) is 0 Å². The van der Waals surface area contributed by atoms with Crippen molar-refractivity contribution >= 4 is 108 Å². The fourth-order valence-corrected chi connectivity index (χ4v) is 12.5. The molecule has 23 heteroatoms. The minimum atomic E-state index is -3.91. The number of halogens is 1. The summed E-state index contributed by atoms with van der Waals surface area (Å²) in [6, 6.07) is 24.4. The summed E-state index contributed by atoms with van der Waals surface area (Å²) in [6.07, 6.45) is 4.39. The molecule has 3 heterocycles. The largest absolute Gasteiger partial charge is 0.447 e. The molecule has 0 radical (unpaired) electrons. The Morgan fingerprint density at radius 2 is 0.974 bits per heavy atom. The zero-order chi connectivity index (χ0) is 56.0. The highest BCUT2D eigenvalue weighted by molar-refractivity contribution is 14.0. The first-order valence-corrected chi connectivity index (χ1v) is 29.2. The van der Waals surface area contributed by atoms with Gasteiger partial charge in [-0.2, -0.15) is 0 Å². The number of aromatic nitrogens is 2. The van der Waals surface area contributed by atoms with Crippen LogP contribution in [-0.2, 0) is 39.1 Å². The fourth-order valence-electron chi connectivity index (χ4n) is 7.10. The van der Waals surface area contributed by atoms with E-state index in [1.807, 2.05) is 58.0 Å². The van der Waals surface area contributed by atoms with Crippen LogP contribution in [0.2, 0.25) is 0 Å². The van der Waals surface area contributed by atoms with E-state index in [2.05, 4.69) is 40.7 Å². The fraction of sp³-hybridized carbons (Fsp3) is 0.389.